The maximum Gasteiger partial charge on any atom is 0.305 e. The summed E-state index contributed by atoms with van der Waals surface area (Å²) >= 11 is 0. The second kappa shape index (κ2) is 15.2. The van der Waals surface area contributed by atoms with Crippen LogP contribution in [0.4, 0.5) is 0 Å². The molecule has 8 nitrogen and oxygen atoms in total. The molecule has 0 aromatic carbocycles. The highest BCUT2D eigenvalue weighted by Crippen LogP contribution is 2.10. The van der Waals surface area contributed by atoms with Gasteiger partial charge in [-0.15, -0.1) is 0 Å². The Morgan fingerprint density at radius 1 is 0.692 bits per heavy atom. The third kappa shape index (κ3) is 16.7. The van der Waals surface area contributed by atoms with E-state index >= 15 is 0 Å². The minimum Gasteiger partial charge on any atom is -0.481 e. The molecular weight excluding hydrogens is 344 g/mol. The number of hydrogen-bond donors (Lipinski definition) is 2. The molecule has 8 heteroatoms. The van der Waals surface area contributed by atoms with Gasteiger partial charge in [-0.25, -0.2) is 0 Å². The standard InChI is InChI=1S/C18H30O8/c1-14(10-12-25-17(23)8-4-2-6-15(19)20)11-13-26-18(24)9-5-3-7-16(21)22/h14H,2-13H2,1H3,(H,19,20)(H,21,22). The van der Waals surface area contributed by atoms with Crippen LogP contribution < -0.4 is 0 Å². The van der Waals surface area contributed by atoms with Crippen molar-refractivity contribution in [1.29, 1.82) is 0 Å². The van der Waals surface area contributed by atoms with Gasteiger partial charge < -0.3 is 19.7 Å². The molecule has 0 aliphatic carbocycles. The van der Waals surface area contributed by atoms with Crippen LogP contribution >= 0.6 is 0 Å². The highest BCUT2D eigenvalue weighted by Gasteiger charge is 2.09. The van der Waals surface area contributed by atoms with Crippen molar-refractivity contribution >= 4 is 23.9 Å². The molecule has 2 N–H and O–H groups in total. The van der Waals surface area contributed by atoms with E-state index in [2.05, 4.69) is 0 Å². The zero-order valence-electron chi connectivity index (χ0n) is 15.4. The van der Waals surface area contributed by atoms with E-state index in [1.807, 2.05) is 6.92 Å². The SMILES string of the molecule is CC(CCOC(=O)CCCCC(=O)O)CCOC(=O)CCCCC(=O)O. The normalized spacial score (nSPS) is 10.5. The Labute approximate surface area is 153 Å². The van der Waals surface area contributed by atoms with Crippen LogP contribution in [0.25, 0.3) is 0 Å². The summed E-state index contributed by atoms with van der Waals surface area (Å²) in [5.41, 5.74) is 0. The molecular formula is C18H30O8. The number of carbonyl (C=O) groups is 4. The Hall–Kier alpha value is -2.12. The average Bonchev–Trinajstić information content (AvgIpc) is 2.55. The lowest BCUT2D eigenvalue weighted by Crippen LogP contribution is -2.12. The number of ether oxygens (including phenoxy) is 2. The molecule has 0 rings (SSSR count). The van der Waals surface area contributed by atoms with Crippen LogP contribution in [0.2, 0.25) is 0 Å². The van der Waals surface area contributed by atoms with Gasteiger partial charge in [0.05, 0.1) is 13.2 Å². The molecule has 0 heterocycles. The summed E-state index contributed by atoms with van der Waals surface area (Å²) in [6.07, 6.45) is 3.82. The Morgan fingerprint density at radius 3 is 1.38 bits per heavy atom. The second-order valence-electron chi connectivity index (χ2n) is 6.33. The Balaban J connectivity index is 3.54. The number of esters is 2. The first-order valence-electron chi connectivity index (χ1n) is 9.06. The molecule has 0 fully saturated rings. The Bertz CT molecular complexity index is 406. The minimum absolute atomic E-state index is 0.0581. The molecule has 0 saturated carbocycles. The van der Waals surface area contributed by atoms with Crippen molar-refractivity contribution in [1.82, 2.24) is 0 Å². The van der Waals surface area contributed by atoms with Crippen molar-refractivity contribution in [2.75, 3.05) is 13.2 Å². The summed E-state index contributed by atoms with van der Waals surface area (Å²) in [5, 5.41) is 17.0. The molecule has 0 saturated heterocycles. The number of carbonyl (C=O) groups excluding carboxylic acids is 2. The first-order chi connectivity index (χ1) is 12.3. The van der Waals surface area contributed by atoms with Crippen LogP contribution in [0.5, 0.6) is 0 Å². The topological polar surface area (TPSA) is 127 Å². The van der Waals surface area contributed by atoms with E-state index < -0.39 is 11.9 Å². The van der Waals surface area contributed by atoms with Crippen molar-refractivity contribution in [2.45, 2.75) is 71.1 Å². The van der Waals surface area contributed by atoms with E-state index in [1.165, 1.54) is 0 Å². The van der Waals surface area contributed by atoms with Crippen LogP contribution in [-0.2, 0) is 28.7 Å². The third-order valence-electron chi connectivity index (χ3n) is 3.79. The molecule has 0 unspecified atom stereocenters. The fraction of sp³-hybridized carbons (Fsp3) is 0.778. The van der Waals surface area contributed by atoms with Crippen LogP contribution in [0.1, 0.15) is 71.1 Å². The van der Waals surface area contributed by atoms with Crippen molar-refractivity contribution in [2.24, 2.45) is 5.92 Å². The van der Waals surface area contributed by atoms with Crippen LogP contribution in [0.3, 0.4) is 0 Å². The lowest BCUT2D eigenvalue weighted by molar-refractivity contribution is -0.145. The van der Waals surface area contributed by atoms with Gasteiger partial charge in [0.25, 0.3) is 0 Å². The molecule has 0 atom stereocenters. The van der Waals surface area contributed by atoms with E-state index in [0.717, 1.165) is 0 Å². The van der Waals surface area contributed by atoms with Gasteiger partial charge >= 0.3 is 23.9 Å². The maximum atomic E-state index is 11.5. The van der Waals surface area contributed by atoms with Crippen molar-refractivity contribution in [3.8, 4) is 0 Å². The number of unbranched alkanes of at least 4 members (excludes halogenated alkanes) is 2. The van der Waals surface area contributed by atoms with E-state index in [4.69, 9.17) is 19.7 Å². The molecule has 0 aliphatic heterocycles. The molecule has 26 heavy (non-hydrogen) atoms. The molecule has 0 amide bonds. The molecule has 0 aliphatic rings. The van der Waals surface area contributed by atoms with E-state index in [9.17, 15) is 19.2 Å². The molecule has 0 bridgehead atoms. The van der Waals surface area contributed by atoms with Gasteiger partial charge in [0.15, 0.2) is 0 Å². The quantitative estimate of drug-likeness (QED) is 0.312. The van der Waals surface area contributed by atoms with Crippen LogP contribution in [-0.4, -0.2) is 47.3 Å². The highest BCUT2D eigenvalue weighted by molar-refractivity contribution is 5.70. The van der Waals surface area contributed by atoms with Gasteiger partial charge in [0.1, 0.15) is 0 Å². The summed E-state index contributed by atoms with van der Waals surface area (Å²) in [6, 6.07) is 0. The summed E-state index contributed by atoms with van der Waals surface area (Å²) in [6.45, 7) is 2.56. The van der Waals surface area contributed by atoms with Crippen LogP contribution in [0.15, 0.2) is 0 Å². The summed E-state index contributed by atoms with van der Waals surface area (Å²) in [4.78, 5) is 43.6. The summed E-state index contributed by atoms with van der Waals surface area (Å²) in [5.74, 6) is -2.15. The molecule has 0 aromatic heterocycles. The molecule has 0 aromatic rings. The van der Waals surface area contributed by atoms with E-state index in [0.29, 0.717) is 51.7 Å². The van der Waals surface area contributed by atoms with Crippen molar-refractivity contribution in [3.63, 3.8) is 0 Å². The molecule has 0 radical (unpaired) electrons. The van der Waals surface area contributed by atoms with Gasteiger partial charge in [0, 0.05) is 25.7 Å². The number of aliphatic carboxylic acids is 2. The summed E-state index contributed by atoms with van der Waals surface area (Å²) in [7, 11) is 0. The zero-order chi connectivity index (χ0) is 19.8. The number of hydrogen-bond acceptors (Lipinski definition) is 6. The van der Waals surface area contributed by atoms with Crippen LogP contribution in [0, 0.1) is 5.92 Å². The molecule has 150 valence electrons. The monoisotopic (exact) mass is 374 g/mol. The van der Waals surface area contributed by atoms with Gasteiger partial charge in [-0.1, -0.05) is 6.92 Å². The fourth-order valence-corrected chi connectivity index (χ4v) is 2.13. The fourth-order valence-electron chi connectivity index (χ4n) is 2.13. The lowest BCUT2D eigenvalue weighted by atomic mass is 10.1. The van der Waals surface area contributed by atoms with E-state index in [-0.39, 0.29) is 43.5 Å². The van der Waals surface area contributed by atoms with Gasteiger partial charge in [-0.3, -0.25) is 19.2 Å². The van der Waals surface area contributed by atoms with Gasteiger partial charge in [0.2, 0.25) is 0 Å². The third-order valence-corrected chi connectivity index (χ3v) is 3.79. The Morgan fingerprint density at radius 2 is 1.04 bits per heavy atom. The number of rotatable bonds is 16. The zero-order valence-corrected chi connectivity index (χ0v) is 15.4. The van der Waals surface area contributed by atoms with Crippen molar-refractivity contribution < 1.29 is 38.9 Å². The first kappa shape index (κ1) is 23.9. The first-order valence-corrected chi connectivity index (χ1v) is 9.06. The van der Waals surface area contributed by atoms with Gasteiger partial charge in [-0.05, 0) is 44.4 Å². The smallest absolute Gasteiger partial charge is 0.305 e. The average molecular weight is 374 g/mol. The Kier molecular flexibility index (Phi) is 13.9. The van der Waals surface area contributed by atoms with Crippen molar-refractivity contribution in [3.05, 3.63) is 0 Å². The summed E-state index contributed by atoms with van der Waals surface area (Å²) < 4.78 is 10.2. The minimum atomic E-state index is -0.867. The molecule has 0 spiro atoms. The largest absolute Gasteiger partial charge is 0.481 e. The maximum absolute atomic E-state index is 11.5. The predicted molar refractivity (Wildman–Crippen MR) is 92.5 cm³/mol. The highest BCUT2D eigenvalue weighted by atomic mass is 16.5. The number of carboxylic acids is 2. The van der Waals surface area contributed by atoms with Gasteiger partial charge in [-0.2, -0.15) is 0 Å². The number of carboxylic acid groups (broad SMARTS) is 2. The lowest BCUT2D eigenvalue weighted by Gasteiger charge is -2.12. The second-order valence-corrected chi connectivity index (χ2v) is 6.33. The predicted octanol–water partition coefficient (Wildman–Crippen LogP) is 2.78. The van der Waals surface area contributed by atoms with E-state index in [1.54, 1.807) is 0 Å².